The van der Waals surface area contributed by atoms with Gasteiger partial charge in [0, 0.05) is 5.56 Å². The van der Waals surface area contributed by atoms with Crippen LogP contribution in [-0.2, 0) is 0 Å². The third kappa shape index (κ3) is 3.20. The van der Waals surface area contributed by atoms with Crippen molar-refractivity contribution >= 4 is 22.9 Å². The Kier molecular flexibility index (Phi) is 4.43. The van der Waals surface area contributed by atoms with E-state index in [2.05, 4.69) is 10.5 Å². The minimum absolute atomic E-state index is 0.0961. The smallest absolute Gasteiger partial charge is 0.275 e. The van der Waals surface area contributed by atoms with Crippen molar-refractivity contribution in [3.05, 3.63) is 71.8 Å². The van der Waals surface area contributed by atoms with Crippen LogP contribution in [0.1, 0.15) is 15.9 Å². The lowest BCUT2D eigenvalue weighted by Crippen LogP contribution is -2.18. The number of nitrogens with one attached hydrogen (secondary N) is 1. The Bertz CT molecular complexity index is 919. The minimum Gasteiger partial charge on any atom is -0.507 e. The molecular formula is C19H16N2O3. The number of phenolic OH excluding ortho intramolecular Hbond substituents is 1. The second-order valence-electron chi connectivity index (χ2n) is 5.16. The monoisotopic (exact) mass is 320 g/mol. The molecule has 1 amide bonds. The van der Waals surface area contributed by atoms with E-state index in [1.54, 1.807) is 30.3 Å². The van der Waals surface area contributed by atoms with Crippen LogP contribution in [-0.4, -0.2) is 24.3 Å². The summed E-state index contributed by atoms with van der Waals surface area (Å²) < 4.78 is 5.31. The predicted octanol–water partition coefficient (Wildman–Crippen LogP) is 3.32. The first-order valence-corrected chi connectivity index (χ1v) is 7.37. The first kappa shape index (κ1) is 15.6. The molecule has 0 aromatic heterocycles. The standard InChI is InChI=1S/C19H16N2O3/c1-24-18-11-14-7-3-2-6-13(14)10-16(18)19(23)21-20-12-15-8-4-5-9-17(15)22/h2-12,22H,1H3,(H,21,23). The van der Waals surface area contributed by atoms with E-state index in [1.165, 1.54) is 13.3 Å². The molecule has 0 radical (unpaired) electrons. The molecule has 5 heteroatoms. The molecule has 2 N–H and O–H groups in total. The second kappa shape index (κ2) is 6.83. The Morgan fingerprint density at radius 2 is 1.75 bits per heavy atom. The Labute approximate surface area is 139 Å². The molecule has 24 heavy (non-hydrogen) atoms. The van der Waals surface area contributed by atoms with E-state index in [0.29, 0.717) is 16.9 Å². The number of ether oxygens (including phenoxy) is 1. The zero-order valence-corrected chi connectivity index (χ0v) is 13.1. The maximum atomic E-state index is 12.4. The summed E-state index contributed by atoms with van der Waals surface area (Å²) in [6, 6.07) is 18.0. The number of methoxy groups -OCH3 is 1. The fraction of sp³-hybridized carbons (Fsp3) is 0.0526. The molecule has 0 aliphatic heterocycles. The van der Waals surface area contributed by atoms with Gasteiger partial charge in [-0.15, -0.1) is 0 Å². The van der Waals surface area contributed by atoms with Crippen molar-refractivity contribution in [2.24, 2.45) is 5.10 Å². The number of carbonyl (C=O) groups excluding carboxylic acids is 1. The number of fused-ring (bicyclic) bond motifs is 1. The minimum atomic E-state index is -0.385. The number of amides is 1. The molecule has 0 spiro atoms. The molecule has 3 rings (SSSR count). The lowest BCUT2D eigenvalue weighted by molar-refractivity contribution is 0.0952. The number of para-hydroxylation sites is 1. The van der Waals surface area contributed by atoms with E-state index < -0.39 is 0 Å². The average Bonchev–Trinajstić information content (AvgIpc) is 2.62. The highest BCUT2D eigenvalue weighted by Crippen LogP contribution is 2.25. The third-order valence-electron chi connectivity index (χ3n) is 3.62. The van der Waals surface area contributed by atoms with Crippen LogP contribution in [0.15, 0.2) is 65.8 Å². The first-order valence-electron chi connectivity index (χ1n) is 7.37. The SMILES string of the molecule is COc1cc2ccccc2cc1C(=O)NN=Cc1ccccc1O. The van der Waals surface area contributed by atoms with Gasteiger partial charge in [0.25, 0.3) is 5.91 Å². The fourth-order valence-electron chi connectivity index (χ4n) is 2.38. The largest absolute Gasteiger partial charge is 0.507 e. The number of hydrogen-bond donors (Lipinski definition) is 2. The topological polar surface area (TPSA) is 70.9 Å². The maximum absolute atomic E-state index is 12.4. The molecule has 120 valence electrons. The molecule has 0 unspecified atom stereocenters. The Morgan fingerprint density at radius 1 is 1.08 bits per heavy atom. The van der Waals surface area contributed by atoms with E-state index in [9.17, 15) is 9.90 Å². The zero-order valence-electron chi connectivity index (χ0n) is 13.1. The molecular weight excluding hydrogens is 304 g/mol. The predicted molar refractivity (Wildman–Crippen MR) is 93.7 cm³/mol. The van der Waals surface area contributed by atoms with Crippen molar-refractivity contribution in [3.63, 3.8) is 0 Å². The number of rotatable bonds is 4. The molecule has 0 atom stereocenters. The number of aromatic hydroxyl groups is 1. The van der Waals surface area contributed by atoms with Crippen LogP contribution in [0.2, 0.25) is 0 Å². The van der Waals surface area contributed by atoms with Gasteiger partial charge in [0.2, 0.25) is 0 Å². The highest BCUT2D eigenvalue weighted by Gasteiger charge is 2.13. The number of hydrazone groups is 1. The van der Waals surface area contributed by atoms with Gasteiger partial charge < -0.3 is 9.84 Å². The summed E-state index contributed by atoms with van der Waals surface area (Å²) in [6.07, 6.45) is 1.39. The zero-order chi connectivity index (χ0) is 16.9. The summed E-state index contributed by atoms with van der Waals surface area (Å²) in [5.74, 6) is 0.187. The van der Waals surface area contributed by atoms with Crippen LogP contribution in [0, 0.1) is 0 Å². The fourth-order valence-corrected chi connectivity index (χ4v) is 2.38. The molecule has 3 aromatic carbocycles. The van der Waals surface area contributed by atoms with Crippen LogP contribution in [0.5, 0.6) is 11.5 Å². The van der Waals surface area contributed by atoms with Crippen molar-refractivity contribution in [3.8, 4) is 11.5 Å². The van der Waals surface area contributed by atoms with Crippen LogP contribution >= 0.6 is 0 Å². The lowest BCUT2D eigenvalue weighted by atomic mass is 10.1. The van der Waals surface area contributed by atoms with E-state index in [0.717, 1.165) is 10.8 Å². The maximum Gasteiger partial charge on any atom is 0.275 e. The Hall–Kier alpha value is -3.34. The highest BCUT2D eigenvalue weighted by atomic mass is 16.5. The van der Waals surface area contributed by atoms with Crippen LogP contribution in [0.3, 0.4) is 0 Å². The van der Waals surface area contributed by atoms with Crippen LogP contribution < -0.4 is 10.2 Å². The Morgan fingerprint density at radius 3 is 2.46 bits per heavy atom. The van der Waals surface area contributed by atoms with E-state index in [1.807, 2.05) is 30.3 Å². The van der Waals surface area contributed by atoms with Gasteiger partial charge in [0.15, 0.2) is 0 Å². The van der Waals surface area contributed by atoms with E-state index in [-0.39, 0.29) is 11.7 Å². The molecule has 0 saturated heterocycles. The van der Waals surface area contributed by atoms with Crippen molar-refractivity contribution in [2.75, 3.05) is 7.11 Å². The van der Waals surface area contributed by atoms with Crippen LogP contribution in [0.25, 0.3) is 10.8 Å². The molecule has 5 nitrogen and oxygen atoms in total. The molecule has 0 aliphatic carbocycles. The van der Waals surface area contributed by atoms with Gasteiger partial charge in [-0.1, -0.05) is 36.4 Å². The quantitative estimate of drug-likeness (QED) is 0.572. The summed E-state index contributed by atoms with van der Waals surface area (Å²) in [5, 5.41) is 15.5. The van der Waals surface area contributed by atoms with Gasteiger partial charge in [-0.25, -0.2) is 5.43 Å². The Balaban J connectivity index is 1.84. The van der Waals surface area contributed by atoms with Gasteiger partial charge in [-0.3, -0.25) is 4.79 Å². The molecule has 3 aromatic rings. The lowest BCUT2D eigenvalue weighted by Gasteiger charge is -2.09. The van der Waals surface area contributed by atoms with Crippen molar-refractivity contribution in [1.82, 2.24) is 5.43 Å². The number of carbonyl (C=O) groups is 1. The third-order valence-corrected chi connectivity index (χ3v) is 3.62. The van der Waals surface area contributed by atoms with Crippen LogP contribution in [0.4, 0.5) is 0 Å². The number of nitrogens with zero attached hydrogens (tertiary/aromatic N) is 1. The average molecular weight is 320 g/mol. The summed E-state index contributed by atoms with van der Waals surface area (Å²) in [6.45, 7) is 0. The molecule has 0 heterocycles. The summed E-state index contributed by atoms with van der Waals surface area (Å²) in [4.78, 5) is 12.4. The van der Waals surface area contributed by atoms with Gasteiger partial charge in [-0.2, -0.15) is 5.10 Å². The van der Waals surface area contributed by atoms with Crippen molar-refractivity contribution in [1.29, 1.82) is 0 Å². The second-order valence-corrected chi connectivity index (χ2v) is 5.16. The van der Waals surface area contributed by atoms with Gasteiger partial charge >= 0.3 is 0 Å². The highest BCUT2D eigenvalue weighted by molar-refractivity contribution is 6.02. The van der Waals surface area contributed by atoms with Gasteiger partial charge in [0.1, 0.15) is 11.5 Å². The van der Waals surface area contributed by atoms with Crippen molar-refractivity contribution in [2.45, 2.75) is 0 Å². The first-order chi connectivity index (χ1) is 11.7. The summed E-state index contributed by atoms with van der Waals surface area (Å²) in [5.41, 5.74) is 3.36. The summed E-state index contributed by atoms with van der Waals surface area (Å²) in [7, 11) is 1.52. The molecule has 0 fully saturated rings. The van der Waals surface area contributed by atoms with E-state index >= 15 is 0 Å². The summed E-state index contributed by atoms with van der Waals surface area (Å²) >= 11 is 0. The number of hydrogen-bond acceptors (Lipinski definition) is 4. The number of phenols is 1. The normalized spacial score (nSPS) is 10.9. The van der Waals surface area contributed by atoms with Crippen molar-refractivity contribution < 1.29 is 14.6 Å². The number of benzene rings is 3. The van der Waals surface area contributed by atoms with Gasteiger partial charge in [0.05, 0.1) is 18.9 Å². The molecule has 0 saturated carbocycles. The van der Waals surface area contributed by atoms with E-state index in [4.69, 9.17) is 4.74 Å². The molecule has 0 bridgehead atoms. The molecule has 0 aliphatic rings. The van der Waals surface area contributed by atoms with Gasteiger partial charge in [-0.05, 0) is 35.0 Å².